The van der Waals surface area contributed by atoms with Gasteiger partial charge in [-0.3, -0.25) is 4.79 Å². The highest BCUT2D eigenvalue weighted by molar-refractivity contribution is 5.98. The second-order valence-electron chi connectivity index (χ2n) is 6.78. The van der Waals surface area contributed by atoms with Crippen LogP contribution in [-0.4, -0.2) is 34.6 Å². The van der Waals surface area contributed by atoms with Crippen molar-refractivity contribution >= 4 is 16.7 Å². The van der Waals surface area contributed by atoms with E-state index in [0.29, 0.717) is 23.8 Å². The van der Waals surface area contributed by atoms with Crippen molar-refractivity contribution in [2.24, 2.45) is 0 Å². The molecule has 6 nitrogen and oxygen atoms in total. The Hall–Kier alpha value is -3.93. The van der Waals surface area contributed by atoms with Crippen LogP contribution in [0.3, 0.4) is 0 Å². The molecule has 1 heterocycles. The maximum Gasteiger partial charge on any atom is 0.254 e. The molecule has 0 radical (unpaired) electrons. The summed E-state index contributed by atoms with van der Waals surface area (Å²) >= 11 is 0. The van der Waals surface area contributed by atoms with Gasteiger partial charge < -0.3 is 14.2 Å². The van der Waals surface area contributed by atoms with Crippen LogP contribution in [-0.2, 0) is 6.54 Å². The summed E-state index contributed by atoms with van der Waals surface area (Å²) in [5, 5.41) is 6.14. The minimum atomic E-state index is -0.121. The molecule has 4 rings (SSSR count). The van der Waals surface area contributed by atoms with E-state index in [9.17, 15) is 4.79 Å². The lowest BCUT2D eigenvalue weighted by atomic mass is 10.1. The fourth-order valence-corrected chi connectivity index (χ4v) is 3.22. The Balaban J connectivity index is 1.54. The molecule has 1 aromatic heterocycles. The molecule has 0 spiro atoms. The van der Waals surface area contributed by atoms with Crippen molar-refractivity contribution in [2.45, 2.75) is 6.54 Å². The predicted molar refractivity (Wildman–Crippen MR) is 115 cm³/mol. The molecule has 0 bridgehead atoms. The van der Waals surface area contributed by atoms with E-state index >= 15 is 0 Å². The maximum absolute atomic E-state index is 13.1. The van der Waals surface area contributed by atoms with Gasteiger partial charge in [0.25, 0.3) is 5.91 Å². The second-order valence-corrected chi connectivity index (χ2v) is 6.78. The van der Waals surface area contributed by atoms with Crippen LogP contribution in [0.1, 0.15) is 16.2 Å². The van der Waals surface area contributed by atoms with Gasteiger partial charge in [-0.2, -0.15) is 4.98 Å². The summed E-state index contributed by atoms with van der Waals surface area (Å²) in [6, 6.07) is 21.0. The highest BCUT2D eigenvalue weighted by Gasteiger charge is 2.19. The number of carbonyl (C=O) groups excluding carboxylic acids is 1. The monoisotopic (exact) mass is 399 g/mol. The van der Waals surface area contributed by atoms with Gasteiger partial charge in [0.05, 0.1) is 7.11 Å². The Morgan fingerprint density at radius 3 is 2.60 bits per heavy atom. The van der Waals surface area contributed by atoms with Crippen LogP contribution in [0.2, 0.25) is 0 Å². The SMILES string of the molecule is C=CCN(Cc1nc(-c2ccc(OC)cc2)no1)C(=O)c1ccc2ccccc2c1. The Morgan fingerprint density at radius 1 is 1.10 bits per heavy atom. The summed E-state index contributed by atoms with van der Waals surface area (Å²) in [4.78, 5) is 19.2. The quantitative estimate of drug-likeness (QED) is 0.420. The van der Waals surface area contributed by atoms with Gasteiger partial charge in [-0.1, -0.05) is 41.6 Å². The number of aromatic nitrogens is 2. The number of carbonyl (C=O) groups is 1. The zero-order valence-electron chi connectivity index (χ0n) is 16.6. The summed E-state index contributed by atoms with van der Waals surface area (Å²) < 4.78 is 10.6. The number of nitrogens with zero attached hydrogens (tertiary/aromatic N) is 3. The maximum atomic E-state index is 13.1. The number of methoxy groups -OCH3 is 1. The van der Waals surface area contributed by atoms with Gasteiger partial charge in [0.1, 0.15) is 12.3 Å². The molecule has 1 amide bonds. The number of rotatable bonds is 7. The highest BCUT2D eigenvalue weighted by Crippen LogP contribution is 2.21. The van der Waals surface area contributed by atoms with Gasteiger partial charge in [-0.15, -0.1) is 6.58 Å². The van der Waals surface area contributed by atoms with Crippen LogP contribution in [0.4, 0.5) is 0 Å². The Morgan fingerprint density at radius 2 is 1.87 bits per heavy atom. The predicted octanol–water partition coefficient (Wildman–Crippen LogP) is 4.73. The van der Waals surface area contributed by atoms with Crippen molar-refractivity contribution in [1.29, 1.82) is 0 Å². The first kappa shape index (κ1) is 19.4. The Labute approximate surface area is 174 Å². The first-order chi connectivity index (χ1) is 14.7. The van der Waals surface area contributed by atoms with E-state index in [0.717, 1.165) is 22.1 Å². The molecule has 6 heteroatoms. The fraction of sp³-hybridized carbons (Fsp3) is 0.125. The van der Waals surface area contributed by atoms with Crippen LogP contribution < -0.4 is 4.74 Å². The van der Waals surface area contributed by atoms with E-state index in [1.807, 2.05) is 66.7 Å². The second kappa shape index (κ2) is 8.61. The zero-order valence-corrected chi connectivity index (χ0v) is 16.6. The lowest BCUT2D eigenvalue weighted by Crippen LogP contribution is -2.30. The summed E-state index contributed by atoms with van der Waals surface area (Å²) in [5.41, 5.74) is 1.41. The average Bonchev–Trinajstić information content (AvgIpc) is 3.26. The van der Waals surface area contributed by atoms with Crippen molar-refractivity contribution < 1.29 is 14.1 Å². The Bertz CT molecular complexity index is 1180. The van der Waals surface area contributed by atoms with Crippen molar-refractivity contribution in [2.75, 3.05) is 13.7 Å². The van der Waals surface area contributed by atoms with Gasteiger partial charge in [0.2, 0.25) is 11.7 Å². The molecule has 0 N–H and O–H groups in total. The number of hydrogen-bond acceptors (Lipinski definition) is 5. The molecule has 0 fully saturated rings. The van der Waals surface area contributed by atoms with E-state index in [2.05, 4.69) is 16.7 Å². The molecule has 4 aromatic rings. The topological polar surface area (TPSA) is 68.5 Å². The Kier molecular flexibility index (Phi) is 5.57. The molecule has 0 saturated heterocycles. The minimum absolute atomic E-state index is 0.121. The molecule has 0 aliphatic heterocycles. The van der Waals surface area contributed by atoms with Crippen molar-refractivity contribution in [3.8, 4) is 17.1 Å². The summed E-state index contributed by atoms with van der Waals surface area (Å²) in [6.07, 6.45) is 1.68. The van der Waals surface area contributed by atoms with Crippen LogP contribution in [0.25, 0.3) is 22.2 Å². The molecule has 3 aromatic carbocycles. The molecule has 30 heavy (non-hydrogen) atoms. The molecule has 0 aliphatic carbocycles. The number of benzene rings is 3. The number of fused-ring (bicyclic) bond motifs is 1. The first-order valence-corrected chi connectivity index (χ1v) is 9.54. The lowest BCUT2D eigenvalue weighted by molar-refractivity contribution is 0.0745. The van der Waals surface area contributed by atoms with Crippen LogP contribution in [0.15, 0.2) is 83.9 Å². The smallest absolute Gasteiger partial charge is 0.254 e. The normalized spacial score (nSPS) is 10.7. The van der Waals surface area contributed by atoms with Crippen LogP contribution in [0.5, 0.6) is 5.75 Å². The standard InChI is InChI=1S/C24H21N3O3/c1-3-14-27(24(28)20-9-8-17-6-4-5-7-19(17)15-20)16-22-25-23(26-30-22)18-10-12-21(29-2)13-11-18/h3-13,15H,1,14,16H2,2H3. The van der Waals surface area contributed by atoms with Gasteiger partial charge in [0, 0.05) is 17.7 Å². The van der Waals surface area contributed by atoms with E-state index in [-0.39, 0.29) is 12.5 Å². The van der Waals surface area contributed by atoms with Crippen LogP contribution in [0, 0.1) is 0 Å². The fourth-order valence-electron chi connectivity index (χ4n) is 3.22. The van der Waals surface area contributed by atoms with Crippen molar-refractivity contribution in [1.82, 2.24) is 15.0 Å². The molecule has 0 atom stereocenters. The number of amides is 1. The molecule has 0 aliphatic rings. The third kappa shape index (κ3) is 4.07. The number of ether oxygens (including phenoxy) is 1. The third-order valence-electron chi connectivity index (χ3n) is 4.78. The minimum Gasteiger partial charge on any atom is -0.497 e. The van der Waals surface area contributed by atoms with E-state index in [1.54, 1.807) is 18.1 Å². The molecule has 150 valence electrons. The number of hydrogen-bond donors (Lipinski definition) is 0. The average molecular weight is 399 g/mol. The molecular formula is C24H21N3O3. The van der Waals surface area contributed by atoms with Gasteiger partial charge in [-0.25, -0.2) is 0 Å². The van der Waals surface area contributed by atoms with Gasteiger partial charge in [0.15, 0.2) is 0 Å². The molecule has 0 unspecified atom stereocenters. The summed E-state index contributed by atoms with van der Waals surface area (Å²) in [6.45, 7) is 4.33. The van der Waals surface area contributed by atoms with Gasteiger partial charge >= 0.3 is 0 Å². The van der Waals surface area contributed by atoms with Crippen LogP contribution >= 0.6 is 0 Å². The van der Waals surface area contributed by atoms with E-state index < -0.39 is 0 Å². The lowest BCUT2D eigenvalue weighted by Gasteiger charge is -2.19. The summed E-state index contributed by atoms with van der Waals surface area (Å²) in [7, 11) is 1.61. The van der Waals surface area contributed by atoms with Crippen molar-refractivity contribution in [3.63, 3.8) is 0 Å². The highest BCUT2D eigenvalue weighted by atomic mass is 16.5. The van der Waals surface area contributed by atoms with E-state index in [1.165, 1.54) is 0 Å². The first-order valence-electron chi connectivity index (χ1n) is 9.54. The largest absolute Gasteiger partial charge is 0.497 e. The third-order valence-corrected chi connectivity index (χ3v) is 4.78. The van der Waals surface area contributed by atoms with Gasteiger partial charge in [-0.05, 0) is 47.2 Å². The van der Waals surface area contributed by atoms with E-state index in [4.69, 9.17) is 9.26 Å². The molecule has 0 saturated carbocycles. The van der Waals surface area contributed by atoms with Crippen molar-refractivity contribution in [3.05, 3.63) is 90.8 Å². The zero-order chi connectivity index (χ0) is 20.9. The summed E-state index contributed by atoms with van der Waals surface area (Å²) in [5.74, 6) is 1.45. The molecular weight excluding hydrogens is 378 g/mol.